The molecule has 1 aromatic rings. The van der Waals surface area contributed by atoms with E-state index in [0.717, 1.165) is 3.79 Å². The van der Waals surface area contributed by atoms with E-state index in [9.17, 15) is 9.59 Å². The maximum absolute atomic E-state index is 11.6. The maximum atomic E-state index is 11.6. The zero-order chi connectivity index (χ0) is 12.8. The summed E-state index contributed by atoms with van der Waals surface area (Å²) in [4.78, 5) is 22.8. The fraction of sp³-hybridized carbons (Fsp3) is 0.455. The van der Waals surface area contributed by atoms with Gasteiger partial charge < -0.3 is 10.1 Å². The molecule has 1 aromatic heterocycles. The molecule has 4 nitrogen and oxygen atoms in total. The molecule has 0 bridgehead atoms. The Kier molecular flexibility index (Phi) is 5.64. The molecule has 0 saturated carbocycles. The van der Waals surface area contributed by atoms with Crippen molar-refractivity contribution in [1.82, 2.24) is 5.32 Å². The molecule has 0 aromatic carbocycles. The summed E-state index contributed by atoms with van der Waals surface area (Å²) >= 11 is 4.73. The number of amides is 1. The fourth-order valence-corrected chi connectivity index (χ4v) is 2.27. The van der Waals surface area contributed by atoms with Crippen molar-refractivity contribution in [1.29, 1.82) is 0 Å². The number of halogens is 1. The highest BCUT2D eigenvalue weighted by atomic mass is 79.9. The van der Waals surface area contributed by atoms with Gasteiger partial charge in [0, 0.05) is 11.9 Å². The Bertz CT molecular complexity index is 403. The molecule has 1 heterocycles. The summed E-state index contributed by atoms with van der Waals surface area (Å²) in [6, 6.07) is 1.74. The fourth-order valence-electron chi connectivity index (χ4n) is 1.13. The lowest BCUT2D eigenvalue weighted by molar-refractivity contribution is -0.147. The highest BCUT2D eigenvalue weighted by Gasteiger charge is 2.09. The highest BCUT2D eigenvalue weighted by molar-refractivity contribution is 9.11. The van der Waals surface area contributed by atoms with Gasteiger partial charge in [0.2, 0.25) is 0 Å². The monoisotopic (exact) mass is 319 g/mol. The predicted octanol–water partition coefficient (Wildman–Crippen LogP) is 2.58. The van der Waals surface area contributed by atoms with Crippen LogP contribution in [0.25, 0.3) is 0 Å². The molecule has 0 atom stereocenters. The highest BCUT2D eigenvalue weighted by Crippen LogP contribution is 2.20. The zero-order valence-corrected chi connectivity index (χ0v) is 12.1. The van der Waals surface area contributed by atoms with Crippen LogP contribution in [0.3, 0.4) is 0 Å². The van der Waals surface area contributed by atoms with Gasteiger partial charge in [-0.1, -0.05) is 0 Å². The number of esters is 1. The predicted molar refractivity (Wildman–Crippen MR) is 70.2 cm³/mol. The minimum atomic E-state index is -0.299. The van der Waals surface area contributed by atoms with Gasteiger partial charge in [0.05, 0.1) is 21.9 Å². The molecular formula is C11H14BrNO3S. The van der Waals surface area contributed by atoms with Crippen molar-refractivity contribution in [2.45, 2.75) is 26.4 Å². The van der Waals surface area contributed by atoms with Crippen molar-refractivity contribution < 1.29 is 14.3 Å². The summed E-state index contributed by atoms with van der Waals surface area (Å²) in [5.41, 5.74) is 0.596. The molecule has 0 fully saturated rings. The molecular weight excluding hydrogens is 306 g/mol. The standard InChI is InChI=1S/C11H14BrNO3S/c1-7(2)16-10(14)3-4-13-11(15)8-5-9(12)17-6-8/h5-7H,3-4H2,1-2H3,(H,13,15). The third-order valence-electron chi connectivity index (χ3n) is 1.81. The van der Waals surface area contributed by atoms with Gasteiger partial charge in [-0.05, 0) is 35.8 Å². The van der Waals surface area contributed by atoms with E-state index >= 15 is 0 Å². The van der Waals surface area contributed by atoms with Crippen LogP contribution in [0.1, 0.15) is 30.6 Å². The first-order chi connectivity index (χ1) is 7.99. The van der Waals surface area contributed by atoms with E-state index < -0.39 is 0 Å². The van der Waals surface area contributed by atoms with Crippen molar-refractivity contribution in [3.8, 4) is 0 Å². The van der Waals surface area contributed by atoms with E-state index in [4.69, 9.17) is 4.74 Å². The summed E-state index contributed by atoms with van der Waals surface area (Å²) in [5, 5.41) is 4.42. The van der Waals surface area contributed by atoms with E-state index in [1.807, 2.05) is 0 Å². The Hall–Kier alpha value is -0.880. The van der Waals surface area contributed by atoms with Crippen LogP contribution in [-0.2, 0) is 9.53 Å². The van der Waals surface area contributed by atoms with Crippen LogP contribution in [0, 0.1) is 0 Å². The van der Waals surface area contributed by atoms with Crippen molar-refractivity contribution in [2.75, 3.05) is 6.54 Å². The van der Waals surface area contributed by atoms with Gasteiger partial charge in [0.15, 0.2) is 0 Å². The lowest BCUT2D eigenvalue weighted by Gasteiger charge is -2.08. The van der Waals surface area contributed by atoms with Crippen molar-refractivity contribution in [3.63, 3.8) is 0 Å². The van der Waals surface area contributed by atoms with Gasteiger partial charge in [-0.15, -0.1) is 11.3 Å². The molecule has 0 spiro atoms. The van der Waals surface area contributed by atoms with Crippen LogP contribution in [0.4, 0.5) is 0 Å². The number of hydrogen-bond acceptors (Lipinski definition) is 4. The van der Waals surface area contributed by atoms with Gasteiger partial charge >= 0.3 is 5.97 Å². The normalized spacial score (nSPS) is 10.4. The third kappa shape index (κ3) is 5.32. The Morgan fingerprint density at radius 3 is 2.76 bits per heavy atom. The summed E-state index contributed by atoms with van der Waals surface area (Å²) in [5.74, 6) is -0.476. The minimum Gasteiger partial charge on any atom is -0.463 e. The van der Waals surface area contributed by atoms with Crippen molar-refractivity contribution >= 4 is 39.1 Å². The molecule has 0 unspecified atom stereocenters. The third-order valence-corrected chi connectivity index (χ3v) is 3.32. The lowest BCUT2D eigenvalue weighted by atomic mass is 10.3. The van der Waals surface area contributed by atoms with Crippen LogP contribution >= 0.6 is 27.3 Å². The Morgan fingerprint density at radius 1 is 1.53 bits per heavy atom. The average molecular weight is 320 g/mol. The number of ether oxygens (including phenoxy) is 1. The van der Waals surface area contributed by atoms with Crippen LogP contribution in [0.15, 0.2) is 15.2 Å². The molecule has 1 rings (SSSR count). The Labute approximate surface area is 112 Å². The number of rotatable bonds is 5. The number of carbonyl (C=O) groups excluding carboxylic acids is 2. The van der Waals surface area contributed by atoms with E-state index in [1.54, 1.807) is 25.3 Å². The summed E-state index contributed by atoms with van der Waals surface area (Å²) in [7, 11) is 0. The topological polar surface area (TPSA) is 55.4 Å². The molecule has 0 aliphatic carbocycles. The number of carbonyl (C=O) groups is 2. The molecule has 0 saturated heterocycles. The van der Waals surface area contributed by atoms with Gasteiger partial charge in [0.25, 0.3) is 5.91 Å². The quantitative estimate of drug-likeness (QED) is 0.849. The number of thiophene rings is 1. The average Bonchev–Trinajstić information content (AvgIpc) is 2.63. The molecule has 0 aliphatic rings. The first-order valence-corrected chi connectivity index (χ1v) is 6.88. The Balaban J connectivity index is 2.27. The van der Waals surface area contributed by atoms with Crippen LogP contribution in [-0.4, -0.2) is 24.5 Å². The molecule has 1 amide bonds. The smallest absolute Gasteiger partial charge is 0.307 e. The molecule has 6 heteroatoms. The second-order valence-electron chi connectivity index (χ2n) is 3.68. The van der Waals surface area contributed by atoms with Gasteiger partial charge in [-0.3, -0.25) is 9.59 Å². The summed E-state index contributed by atoms with van der Waals surface area (Å²) in [6.07, 6.45) is 0.0703. The minimum absolute atomic E-state index is 0.119. The van der Waals surface area contributed by atoms with E-state index in [-0.39, 0.29) is 30.9 Å². The summed E-state index contributed by atoms with van der Waals surface area (Å²) < 4.78 is 5.85. The van der Waals surface area contributed by atoms with Gasteiger partial charge in [0.1, 0.15) is 0 Å². The molecule has 0 radical (unpaired) electrons. The van der Waals surface area contributed by atoms with Crippen LogP contribution in [0.2, 0.25) is 0 Å². The Morgan fingerprint density at radius 2 is 2.24 bits per heavy atom. The molecule has 0 aliphatic heterocycles. The molecule has 1 N–H and O–H groups in total. The van der Waals surface area contributed by atoms with Crippen LogP contribution < -0.4 is 5.32 Å². The maximum Gasteiger partial charge on any atom is 0.307 e. The lowest BCUT2D eigenvalue weighted by Crippen LogP contribution is -2.26. The second-order valence-corrected chi connectivity index (χ2v) is 5.97. The van der Waals surface area contributed by atoms with E-state index in [0.29, 0.717) is 5.56 Å². The zero-order valence-electron chi connectivity index (χ0n) is 9.66. The first-order valence-electron chi connectivity index (χ1n) is 5.20. The molecule has 17 heavy (non-hydrogen) atoms. The molecule has 94 valence electrons. The van der Waals surface area contributed by atoms with Crippen molar-refractivity contribution in [3.05, 3.63) is 20.8 Å². The number of hydrogen-bond donors (Lipinski definition) is 1. The van der Waals surface area contributed by atoms with Gasteiger partial charge in [-0.25, -0.2) is 0 Å². The van der Waals surface area contributed by atoms with Crippen molar-refractivity contribution in [2.24, 2.45) is 0 Å². The summed E-state index contributed by atoms with van der Waals surface area (Å²) in [6.45, 7) is 3.87. The number of nitrogens with one attached hydrogen (secondary N) is 1. The SMILES string of the molecule is CC(C)OC(=O)CCNC(=O)c1csc(Br)c1. The van der Waals surface area contributed by atoms with E-state index in [2.05, 4.69) is 21.2 Å². The first kappa shape index (κ1) is 14.2. The van der Waals surface area contributed by atoms with Gasteiger partial charge in [-0.2, -0.15) is 0 Å². The van der Waals surface area contributed by atoms with E-state index in [1.165, 1.54) is 11.3 Å². The second kappa shape index (κ2) is 6.76. The van der Waals surface area contributed by atoms with Crippen LogP contribution in [0.5, 0.6) is 0 Å². The largest absolute Gasteiger partial charge is 0.463 e.